The van der Waals surface area contributed by atoms with Crippen LogP contribution in [0.1, 0.15) is 25.1 Å². The van der Waals surface area contributed by atoms with Crippen LogP contribution in [0.4, 0.5) is 5.88 Å². The Morgan fingerprint density at radius 2 is 2.12 bits per heavy atom. The Balaban J connectivity index is 1.76. The molecule has 0 radical (unpaired) electrons. The summed E-state index contributed by atoms with van der Waals surface area (Å²) in [6.07, 6.45) is 0. The van der Waals surface area contributed by atoms with E-state index in [0.717, 1.165) is 17.0 Å². The van der Waals surface area contributed by atoms with Crippen LogP contribution in [-0.2, 0) is 11.3 Å². The predicted octanol–water partition coefficient (Wildman–Crippen LogP) is 3.69. The van der Waals surface area contributed by atoms with Crippen LogP contribution >= 0.6 is 11.8 Å². The van der Waals surface area contributed by atoms with E-state index in [9.17, 15) is 4.79 Å². The lowest BCUT2D eigenvalue weighted by Gasteiger charge is -2.11. The number of nitrogens with one attached hydrogen (secondary N) is 1. The molecule has 8 heteroatoms. The molecule has 0 aliphatic rings. The van der Waals surface area contributed by atoms with Gasteiger partial charge >= 0.3 is 0 Å². The number of rotatable bonds is 6. The maximum Gasteiger partial charge on any atom is 0.240 e. The van der Waals surface area contributed by atoms with Crippen LogP contribution < -0.4 is 5.32 Å². The second-order valence-corrected chi connectivity index (χ2v) is 7.31. The standard InChI is InChI=1S/C18H21N5O2S/c1-5-23-16(14-8-6-7-11(2)9-14)20-21-18(23)26-13(4)17(24)19-15-10-12(3)22-25-15/h6-10,13H,5H2,1-4H3,(H,19,24). The second kappa shape index (κ2) is 7.74. The van der Waals surface area contributed by atoms with E-state index in [-0.39, 0.29) is 11.2 Å². The lowest BCUT2D eigenvalue weighted by Crippen LogP contribution is -2.22. The summed E-state index contributed by atoms with van der Waals surface area (Å²) in [7, 11) is 0. The van der Waals surface area contributed by atoms with Crippen molar-refractivity contribution >= 4 is 23.6 Å². The average molecular weight is 371 g/mol. The summed E-state index contributed by atoms with van der Waals surface area (Å²) < 4.78 is 7.04. The summed E-state index contributed by atoms with van der Waals surface area (Å²) in [6, 6.07) is 9.82. The molecule has 0 fully saturated rings. The fourth-order valence-electron chi connectivity index (χ4n) is 2.52. The number of aryl methyl sites for hydroxylation is 2. The summed E-state index contributed by atoms with van der Waals surface area (Å²) in [5, 5.41) is 15.4. The first kappa shape index (κ1) is 18.2. The third-order valence-electron chi connectivity index (χ3n) is 3.84. The van der Waals surface area contributed by atoms with Gasteiger partial charge in [0.05, 0.1) is 10.9 Å². The maximum absolute atomic E-state index is 12.4. The molecule has 0 aliphatic carbocycles. The lowest BCUT2D eigenvalue weighted by atomic mass is 10.1. The van der Waals surface area contributed by atoms with Crippen molar-refractivity contribution in [1.82, 2.24) is 19.9 Å². The molecule has 2 heterocycles. The Morgan fingerprint density at radius 3 is 2.77 bits per heavy atom. The highest BCUT2D eigenvalue weighted by Crippen LogP contribution is 2.27. The van der Waals surface area contributed by atoms with Crippen molar-refractivity contribution in [3.63, 3.8) is 0 Å². The van der Waals surface area contributed by atoms with Gasteiger partial charge in [0.15, 0.2) is 11.0 Å². The van der Waals surface area contributed by atoms with Crippen LogP contribution in [-0.4, -0.2) is 31.1 Å². The van der Waals surface area contributed by atoms with Crippen LogP contribution in [0.25, 0.3) is 11.4 Å². The number of amides is 1. The molecule has 1 N–H and O–H groups in total. The quantitative estimate of drug-likeness (QED) is 0.665. The molecule has 26 heavy (non-hydrogen) atoms. The van der Waals surface area contributed by atoms with E-state index >= 15 is 0 Å². The number of anilines is 1. The molecule has 1 amide bonds. The first-order valence-corrected chi connectivity index (χ1v) is 9.27. The minimum absolute atomic E-state index is 0.172. The van der Waals surface area contributed by atoms with Gasteiger partial charge in [-0.2, -0.15) is 0 Å². The van der Waals surface area contributed by atoms with Crippen molar-refractivity contribution in [2.75, 3.05) is 5.32 Å². The SMILES string of the molecule is CCn1c(SC(C)C(=O)Nc2cc(C)no2)nnc1-c1cccc(C)c1. The van der Waals surface area contributed by atoms with E-state index in [4.69, 9.17) is 4.52 Å². The number of thioether (sulfide) groups is 1. The minimum atomic E-state index is -0.361. The van der Waals surface area contributed by atoms with Gasteiger partial charge in [-0.3, -0.25) is 10.1 Å². The van der Waals surface area contributed by atoms with Gasteiger partial charge in [-0.1, -0.05) is 40.7 Å². The van der Waals surface area contributed by atoms with Gasteiger partial charge in [-0.05, 0) is 33.8 Å². The molecule has 136 valence electrons. The summed E-state index contributed by atoms with van der Waals surface area (Å²) >= 11 is 1.36. The zero-order chi connectivity index (χ0) is 18.7. The van der Waals surface area contributed by atoms with E-state index in [1.165, 1.54) is 11.8 Å². The normalized spacial score (nSPS) is 12.2. The van der Waals surface area contributed by atoms with Crippen molar-refractivity contribution in [2.45, 2.75) is 44.6 Å². The van der Waals surface area contributed by atoms with Gasteiger partial charge < -0.3 is 9.09 Å². The summed E-state index contributed by atoms with van der Waals surface area (Å²) in [5.41, 5.74) is 2.90. The molecule has 0 spiro atoms. The largest absolute Gasteiger partial charge is 0.338 e. The molecule has 1 unspecified atom stereocenters. The van der Waals surface area contributed by atoms with Gasteiger partial charge in [-0.25, -0.2) is 0 Å². The smallest absolute Gasteiger partial charge is 0.240 e. The predicted molar refractivity (Wildman–Crippen MR) is 101 cm³/mol. The third-order valence-corrected chi connectivity index (χ3v) is 4.92. The summed E-state index contributed by atoms with van der Waals surface area (Å²) in [4.78, 5) is 12.4. The van der Waals surface area contributed by atoms with E-state index in [0.29, 0.717) is 23.3 Å². The molecule has 0 saturated heterocycles. The topological polar surface area (TPSA) is 85.8 Å². The molecule has 0 aliphatic heterocycles. The van der Waals surface area contributed by atoms with Crippen LogP contribution in [0.5, 0.6) is 0 Å². The average Bonchev–Trinajstić information content (AvgIpc) is 3.20. The molecule has 3 aromatic rings. The zero-order valence-corrected chi connectivity index (χ0v) is 16.0. The molecule has 0 bridgehead atoms. The summed E-state index contributed by atoms with van der Waals surface area (Å²) in [5.74, 6) is 0.975. The van der Waals surface area contributed by atoms with Gasteiger partial charge in [0.1, 0.15) is 0 Å². The number of hydrogen-bond donors (Lipinski definition) is 1. The third kappa shape index (κ3) is 3.96. The molecule has 1 aromatic carbocycles. The number of carbonyl (C=O) groups excluding carboxylic acids is 1. The number of aromatic nitrogens is 4. The molecule has 3 rings (SSSR count). The zero-order valence-electron chi connectivity index (χ0n) is 15.2. The first-order valence-electron chi connectivity index (χ1n) is 8.39. The Kier molecular flexibility index (Phi) is 5.41. The Morgan fingerprint density at radius 1 is 1.31 bits per heavy atom. The highest BCUT2D eigenvalue weighted by molar-refractivity contribution is 8.00. The van der Waals surface area contributed by atoms with Crippen LogP contribution in [0, 0.1) is 13.8 Å². The molecule has 2 aromatic heterocycles. The van der Waals surface area contributed by atoms with E-state index in [1.807, 2.05) is 43.5 Å². The molecule has 1 atom stereocenters. The number of benzene rings is 1. The van der Waals surface area contributed by atoms with Gasteiger partial charge in [0.25, 0.3) is 0 Å². The van der Waals surface area contributed by atoms with Gasteiger partial charge in [0.2, 0.25) is 11.8 Å². The Hall–Kier alpha value is -2.61. The van der Waals surface area contributed by atoms with Crippen LogP contribution in [0.15, 0.2) is 40.0 Å². The van der Waals surface area contributed by atoms with Gasteiger partial charge in [-0.15, -0.1) is 10.2 Å². The van der Waals surface area contributed by atoms with Crippen molar-refractivity contribution in [2.24, 2.45) is 0 Å². The maximum atomic E-state index is 12.4. The van der Waals surface area contributed by atoms with E-state index in [1.54, 1.807) is 13.0 Å². The first-order chi connectivity index (χ1) is 12.5. The minimum Gasteiger partial charge on any atom is -0.338 e. The van der Waals surface area contributed by atoms with Crippen molar-refractivity contribution < 1.29 is 9.32 Å². The molecular weight excluding hydrogens is 350 g/mol. The number of carbonyl (C=O) groups is 1. The Labute approximate surface area is 156 Å². The number of nitrogens with zero attached hydrogens (tertiary/aromatic N) is 4. The van der Waals surface area contributed by atoms with Crippen molar-refractivity contribution in [3.05, 3.63) is 41.6 Å². The van der Waals surface area contributed by atoms with Crippen LogP contribution in [0.3, 0.4) is 0 Å². The molecule has 0 saturated carbocycles. The lowest BCUT2D eigenvalue weighted by molar-refractivity contribution is -0.115. The van der Waals surface area contributed by atoms with E-state index in [2.05, 4.69) is 26.7 Å². The second-order valence-electron chi connectivity index (χ2n) is 6.00. The fourth-order valence-corrected chi connectivity index (χ4v) is 3.43. The van der Waals surface area contributed by atoms with Crippen molar-refractivity contribution in [3.8, 4) is 11.4 Å². The highest BCUT2D eigenvalue weighted by atomic mass is 32.2. The van der Waals surface area contributed by atoms with Crippen LogP contribution in [0.2, 0.25) is 0 Å². The molecule has 7 nitrogen and oxygen atoms in total. The van der Waals surface area contributed by atoms with E-state index < -0.39 is 0 Å². The van der Waals surface area contributed by atoms with Gasteiger partial charge in [0, 0.05) is 18.2 Å². The molecular formula is C18H21N5O2S. The monoisotopic (exact) mass is 371 g/mol. The Bertz CT molecular complexity index is 918. The van der Waals surface area contributed by atoms with Crippen molar-refractivity contribution in [1.29, 1.82) is 0 Å². The fraction of sp³-hybridized carbons (Fsp3) is 0.333. The number of hydrogen-bond acceptors (Lipinski definition) is 6. The highest BCUT2D eigenvalue weighted by Gasteiger charge is 2.21. The summed E-state index contributed by atoms with van der Waals surface area (Å²) in [6.45, 7) is 8.42.